The molecule has 73 heavy (non-hydrogen) atoms. The van der Waals surface area contributed by atoms with Crippen molar-refractivity contribution in [3.8, 4) is 23.0 Å². The highest BCUT2D eigenvalue weighted by atomic mass is 32.2. The van der Waals surface area contributed by atoms with E-state index in [1.54, 1.807) is 49.6 Å². The minimum atomic E-state index is -6.09. The number of rotatable bonds is 8. The van der Waals surface area contributed by atoms with E-state index < -0.39 is 43.3 Å². The molecular formula is C45H52F8O12S8. The lowest BCUT2D eigenvalue weighted by molar-refractivity contribution is -0.159. The van der Waals surface area contributed by atoms with Gasteiger partial charge >= 0.3 is 33.2 Å². The maximum Gasteiger partial charge on any atom is 0.522 e. The summed E-state index contributed by atoms with van der Waals surface area (Å²) < 4.78 is 164. The molecule has 4 heterocycles. The normalized spacial score (nSPS) is 15.8. The lowest BCUT2D eigenvalue weighted by Gasteiger charge is -2.30. The van der Waals surface area contributed by atoms with Gasteiger partial charge in [0.15, 0.2) is 27.2 Å². The molecular weight excluding hydrogens is 1140 g/mol. The predicted molar refractivity (Wildman–Crippen MR) is 280 cm³/mol. The Kier molecular flexibility index (Phi) is 28.5. The Hall–Kier alpha value is -3.35. The summed E-state index contributed by atoms with van der Waals surface area (Å²) in [6, 6.07) is 30.4. The molecule has 0 atom stereocenters. The zero-order valence-corrected chi connectivity index (χ0v) is 45.5. The van der Waals surface area contributed by atoms with E-state index in [2.05, 4.69) is 66.4 Å². The zero-order chi connectivity index (χ0) is 54.9. The summed E-state index contributed by atoms with van der Waals surface area (Å²) in [5.74, 6) is 9.13. The van der Waals surface area contributed by atoms with E-state index in [1.807, 2.05) is 64.8 Å². The summed E-state index contributed by atoms with van der Waals surface area (Å²) in [4.78, 5) is 10.4. The number of fused-ring (bicyclic) bond motifs is 2. The average Bonchev–Trinajstić information content (AvgIpc) is 3.84. The number of alkyl halides is 8. The third-order valence-corrected chi connectivity index (χ3v) is 16.4. The van der Waals surface area contributed by atoms with Gasteiger partial charge in [-0.2, -0.15) is 68.8 Å². The topological polar surface area (TPSA) is 186 Å². The van der Waals surface area contributed by atoms with E-state index in [9.17, 15) is 39.9 Å². The highest BCUT2D eigenvalue weighted by Crippen LogP contribution is 2.51. The number of carboxylic acids is 1. The van der Waals surface area contributed by atoms with Crippen LogP contribution in [-0.4, -0.2) is 111 Å². The molecule has 28 heteroatoms. The molecule has 4 aromatic rings. The van der Waals surface area contributed by atoms with E-state index in [0.717, 1.165) is 42.3 Å². The molecule has 4 aliphatic rings. The number of thioether (sulfide) groups is 3. The van der Waals surface area contributed by atoms with Crippen LogP contribution in [-0.2, 0) is 62.1 Å². The van der Waals surface area contributed by atoms with Crippen LogP contribution in [0.5, 0.6) is 23.0 Å². The number of hydrogen-bond donors (Lipinski definition) is 4. The van der Waals surface area contributed by atoms with Crippen LogP contribution in [0.15, 0.2) is 97.1 Å². The number of carboxylic acid groups (broad SMARTS) is 1. The van der Waals surface area contributed by atoms with Crippen molar-refractivity contribution in [2.24, 2.45) is 0 Å². The van der Waals surface area contributed by atoms with Crippen LogP contribution in [0, 0.1) is 0 Å². The maximum absolute atomic E-state index is 12.5. The average molecular weight is 1190 g/mol. The van der Waals surface area contributed by atoms with Crippen molar-refractivity contribution in [2.75, 3.05) is 48.7 Å². The fourth-order valence-electron chi connectivity index (χ4n) is 5.73. The number of hydrogen-bond acceptors (Lipinski definition) is 15. The molecule has 0 unspecified atom stereocenters. The van der Waals surface area contributed by atoms with Gasteiger partial charge in [-0.1, -0.05) is 84.6 Å². The largest absolute Gasteiger partial charge is 0.741 e. The number of methoxy groups -OCH3 is 2. The fraction of sp³-hybridized carbons (Fsp3) is 0.422. The van der Waals surface area contributed by atoms with Crippen molar-refractivity contribution in [3.63, 3.8) is 0 Å². The maximum atomic E-state index is 12.5. The first-order chi connectivity index (χ1) is 34.1. The van der Waals surface area contributed by atoms with Crippen molar-refractivity contribution in [1.82, 2.24) is 0 Å². The molecule has 12 nitrogen and oxygen atoms in total. The molecule has 4 aliphatic heterocycles. The van der Waals surface area contributed by atoms with Crippen LogP contribution in [0.3, 0.4) is 0 Å². The van der Waals surface area contributed by atoms with Crippen molar-refractivity contribution in [3.05, 3.63) is 119 Å². The summed E-state index contributed by atoms with van der Waals surface area (Å²) in [6.45, 7) is 0. The van der Waals surface area contributed by atoms with E-state index >= 15 is 0 Å². The molecule has 4 aromatic carbocycles. The second kappa shape index (κ2) is 31.6. The van der Waals surface area contributed by atoms with E-state index in [-0.39, 0.29) is 17.1 Å². The smallest absolute Gasteiger partial charge is 0.522 e. The van der Waals surface area contributed by atoms with Gasteiger partial charge in [0.2, 0.25) is 8.46 Å². The molecule has 0 saturated carbocycles. The second-order valence-corrected chi connectivity index (χ2v) is 23.8. The summed E-state index contributed by atoms with van der Waals surface area (Å²) in [5, 5.41) is 8.53. The van der Waals surface area contributed by atoms with Gasteiger partial charge in [-0.25, -0.2) is 8.42 Å². The Bertz CT molecular complexity index is 2470. The predicted octanol–water partition coefficient (Wildman–Crippen LogP) is 11.0. The summed E-state index contributed by atoms with van der Waals surface area (Å²) in [7, 11) is -8.66. The van der Waals surface area contributed by atoms with Gasteiger partial charge in [0, 0.05) is 40.8 Å². The Morgan fingerprint density at radius 2 is 1.18 bits per heavy atom. The van der Waals surface area contributed by atoms with Crippen molar-refractivity contribution < 1.29 is 89.9 Å². The van der Waals surface area contributed by atoms with E-state index in [1.165, 1.54) is 58.3 Å². The van der Waals surface area contributed by atoms with Crippen LogP contribution in [0.2, 0.25) is 0 Å². The quantitative estimate of drug-likeness (QED) is 0.0326. The first-order valence-corrected chi connectivity index (χ1v) is 29.2. The number of aliphatic carboxylic acids is 1. The van der Waals surface area contributed by atoms with Crippen LogP contribution < -0.4 is 18.9 Å². The minimum absolute atomic E-state index is 0.00398. The van der Waals surface area contributed by atoms with Crippen molar-refractivity contribution in [2.45, 2.75) is 66.3 Å². The molecule has 0 aliphatic carbocycles. The SMILES string of the molecule is COc1ccccc1CC(=O)O.COc1ccccc1CC1=[S+]CCCS1.FC1(F)Cc2ccccc2O1.O=S(=O)(O)C(F)(F)F.O=S(=O)([O-])C(F)(F)F.SCCCS.c1ccc2c(c1)CC1(O2)SCCCS1. The first kappa shape index (κ1) is 65.8. The summed E-state index contributed by atoms with van der Waals surface area (Å²) in [5.41, 5.74) is -7.23. The van der Waals surface area contributed by atoms with Crippen molar-refractivity contribution >= 4 is 102 Å². The van der Waals surface area contributed by atoms with Gasteiger partial charge < -0.3 is 28.6 Å². The summed E-state index contributed by atoms with van der Waals surface area (Å²) >= 11 is 15.8. The van der Waals surface area contributed by atoms with E-state index in [4.69, 9.17) is 45.3 Å². The van der Waals surface area contributed by atoms with Crippen LogP contribution >= 0.6 is 60.5 Å². The number of halogens is 8. The Morgan fingerprint density at radius 3 is 1.59 bits per heavy atom. The van der Waals surface area contributed by atoms with Gasteiger partial charge in [-0.05, 0) is 60.1 Å². The van der Waals surface area contributed by atoms with Gasteiger partial charge in [0.1, 0.15) is 23.0 Å². The van der Waals surface area contributed by atoms with E-state index in [0.29, 0.717) is 22.6 Å². The molecule has 8 rings (SSSR count). The highest BCUT2D eigenvalue weighted by molar-refractivity contribution is 8.23. The lowest BCUT2D eigenvalue weighted by Crippen LogP contribution is -2.29. The van der Waals surface area contributed by atoms with Gasteiger partial charge in [-0.15, -0.1) is 23.5 Å². The zero-order valence-electron chi connectivity index (χ0n) is 38.8. The summed E-state index contributed by atoms with van der Waals surface area (Å²) in [6.07, 6.45) is 2.59. The number of carbonyl (C=O) groups is 1. The Morgan fingerprint density at radius 1 is 0.726 bits per heavy atom. The van der Waals surface area contributed by atoms with Crippen LogP contribution in [0.1, 0.15) is 41.5 Å². The van der Waals surface area contributed by atoms with Gasteiger partial charge in [-0.3, -0.25) is 9.35 Å². The first-order valence-electron chi connectivity index (χ1n) is 21.1. The highest BCUT2D eigenvalue weighted by Gasteiger charge is 2.45. The molecule has 408 valence electrons. The molecule has 0 aromatic heterocycles. The molecule has 1 fully saturated rings. The Labute approximate surface area is 446 Å². The van der Waals surface area contributed by atoms with Crippen LogP contribution in [0.25, 0.3) is 0 Å². The molecule has 1 spiro atoms. The fourth-order valence-corrected chi connectivity index (χ4v) is 11.9. The van der Waals surface area contributed by atoms with Crippen LogP contribution in [0.4, 0.5) is 35.1 Å². The second-order valence-electron chi connectivity index (χ2n) is 14.6. The molecule has 0 bridgehead atoms. The molecule has 1 saturated heterocycles. The number of para-hydroxylation sites is 4. The monoisotopic (exact) mass is 1190 g/mol. The molecule has 2 N–H and O–H groups in total. The Balaban J connectivity index is 0.000000299. The number of thiol groups is 2. The third kappa shape index (κ3) is 24.9. The van der Waals surface area contributed by atoms with Gasteiger partial charge in [0.05, 0.1) is 33.5 Å². The van der Waals surface area contributed by atoms with Gasteiger partial charge in [0.25, 0.3) is 0 Å². The third-order valence-electron chi connectivity index (χ3n) is 8.97. The number of ether oxygens (including phenoxy) is 4. The van der Waals surface area contributed by atoms with Crippen molar-refractivity contribution in [1.29, 1.82) is 0 Å². The molecule has 0 amide bonds. The number of benzene rings is 4. The minimum Gasteiger partial charge on any atom is -0.741 e. The standard InChI is InChI=1S/C12H15OS2.C11H12OS2.C9H10O3.C8H6F2O.C3H8S2.2CHF3O3S/c1-13-11-6-3-2-5-10(11)9-12-14-7-4-8-15-12;1-2-5-10-9(4-1)8-11(12-10)13-6-3-7-14-11;1-12-8-5-3-2-4-7(8)6-9(10)11;9-8(10)5-6-3-1-2-4-7(6)11-8;4-2-1-3-5;2*2-1(3,4)8(5,6)7/h2-3,5-6H,4,7-9H2,1H3;1-2,4-5H,3,6-8H2;2-5H,6H2,1H3,(H,10,11);1-4H,5H2;4-5H,1-3H2;2*(H,5,6,7)/q+1;;;;;;/p-1. The lowest BCUT2D eigenvalue weighted by atomic mass is 10.1. The molecule has 0 radical (unpaired) electrons.